The Balaban J connectivity index is 1.51. The molecule has 0 bridgehead atoms. The first kappa shape index (κ1) is 25.8. The minimum Gasteiger partial charge on any atom is -0.292 e. The van der Waals surface area contributed by atoms with Gasteiger partial charge in [0.1, 0.15) is 5.69 Å². The Morgan fingerprint density at radius 1 is 1.05 bits per heavy atom. The van der Waals surface area contributed by atoms with Crippen molar-refractivity contribution < 1.29 is 0 Å². The molecule has 194 valence electrons. The minimum atomic E-state index is -0.0272. The van der Waals surface area contributed by atoms with Crippen LogP contribution < -0.4 is 5.69 Å². The van der Waals surface area contributed by atoms with Crippen LogP contribution in [0.4, 0.5) is 0 Å². The minimum absolute atomic E-state index is 0.0272. The highest BCUT2D eigenvalue weighted by atomic mass is 79.9. The number of aromatic amines is 1. The van der Waals surface area contributed by atoms with Gasteiger partial charge in [0, 0.05) is 28.1 Å². The summed E-state index contributed by atoms with van der Waals surface area (Å²) in [5.41, 5.74) is 6.70. The van der Waals surface area contributed by atoms with E-state index in [2.05, 4.69) is 80.5 Å². The fraction of sp³-hybridized carbons (Fsp3) is 0.276. The highest BCUT2D eigenvalue weighted by Crippen LogP contribution is 2.30. The number of rotatable bonds is 9. The molecule has 0 saturated carbocycles. The van der Waals surface area contributed by atoms with E-state index in [1.54, 1.807) is 6.20 Å². The number of aryl methyl sites for hydroxylation is 1. The second-order valence-electron chi connectivity index (χ2n) is 9.63. The Bertz CT molecular complexity index is 1580. The molecule has 0 aliphatic rings. The maximum Gasteiger partial charge on any atom is 0.333 e. The fourth-order valence-electron chi connectivity index (χ4n) is 4.72. The molecule has 5 aromatic rings. The van der Waals surface area contributed by atoms with E-state index in [-0.39, 0.29) is 11.6 Å². The molecule has 3 heterocycles. The number of halogens is 1. The van der Waals surface area contributed by atoms with Crippen LogP contribution in [0.3, 0.4) is 0 Å². The van der Waals surface area contributed by atoms with E-state index in [1.807, 2.05) is 51.7 Å². The van der Waals surface area contributed by atoms with Gasteiger partial charge in [-0.1, -0.05) is 69.7 Å². The number of pyridine rings is 1. The lowest BCUT2D eigenvalue weighted by atomic mass is 10.0. The van der Waals surface area contributed by atoms with Gasteiger partial charge >= 0.3 is 5.69 Å². The predicted molar refractivity (Wildman–Crippen MR) is 152 cm³/mol. The van der Waals surface area contributed by atoms with Gasteiger partial charge in [0.2, 0.25) is 5.82 Å². The zero-order valence-electron chi connectivity index (χ0n) is 21.7. The van der Waals surface area contributed by atoms with Crippen LogP contribution in [0.15, 0.2) is 76.3 Å². The molecule has 0 radical (unpaired) electrons. The number of H-pyrrole nitrogens is 1. The molecule has 1 N–H and O–H groups in total. The molecule has 0 aliphatic carbocycles. The molecule has 2 aromatic carbocycles. The van der Waals surface area contributed by atoms with Crippen molar-refractivity contribution >= 4 is 15.9 Å². The van der Waals surface area contributed by atoms with Crippen molar-refractivity contribution in [1.29, 1.82) is 0 Å². The van der Waals surface area contributed by atoms with Crippen molar-refractivity contribution in [3.63, 3.8) is 0 Å². The third-order valence-corrected chi connectivity index (χ3v) is 7.34. The van der Waals surface area contributed by atoms with Crippen molar-refractivity contribution in [3.05, 3.63) is 98.8 Å². The number of nitrogens with zero attached hydrogens (tertiary/aromatic N) is 6. The van der Waals surface area contributed by atoms with E-state index in [9.17, 15) is 4.79 Å². The Hall–Kier alpha value is -3.85. The van der Waals surface area contributed by atoms with Crippen LogP contribution in [0.5, 0.6) is 0 Å². The van der Waals surface area contributed by atoms with Crippen LogP contribution >= 0.6 is 15.9 Å². The van der Waals surface area contributed by atoms with Crippen LogP contribution in [-0.2, 0) is 13.0 Å². The number of unbranched alkanes of at least 4 members (excludes halogenated alkanes) is 1. The summed E-state index contributed by atoms with van der Waals surface area (Å²) in [5.74, 6) is 0.736. The third kappa shape index (κ3) is 5.11. The van der Waals surface area contributed by atoms with Gasteiger partial charge in [-0.05, 0) is 68.7 Å². The van der Waals surface area contributed by atoms with Gasteiger partial charge in [-0.2, -0.15) is 5.21 Å². The lowest BCUT2D eigenvalue weighted by Gasteiger charge is -2.14. The Morgan fingerprint density at radius 2 is 1.87 bits per heavy atom. The van der Waals surface area contributed by atoms with E-state index in [1.165, 1.54) is 0 Å². The topological polar surface area (TPSA) is 94.3 Å². The Morgan fingerprint density at radius 3 is 2.58 bits per heavy atom. The molecule has 0 fully saturated rings. The summed E-state index contributed by atoms with van der Waals surface area (Å²) in [7, 11) is 0. The van der Waals surface area contributed by atoms with E-state index in [0.717, 1.165) is 57.4 Å². The van der Waals surface area contributed by atoms with Gasteiger partial charge in [0.15, 0.2) is 0 Å². The molecule has 3 aromatic heterocycles. The van der Waals surface area contributed by atoms with Crippen LogP contribution in [0, 0.1) is 0 Å². The first-order valence-corrected chi connectivity index (χ1v) is 13.6. The van der Waals surface area contributed by atoms with Crippen LogP contribution in [0.25, 0.3) is 28.3 Å². The number of benzene rings is 2. The van der Waals surface area contributed by atoms with Crippen molar-refractivity contribution in [2.24, 2.45) is 0 Å². The number of hydrogen-bond acceptors (Lipinski definition) is 5. The molecule has 5 rings (SSSR count). The lowest BCUT2D eigenvalue weighted by Crippen LogP contribution is -2.25. The summed E-state index contributed by atoms with van der Waals surface area (Å²) in [5, 5.41) is 14.3. The van der Waals surface area contributed by atoms with Gasteiger partial charge in [0.25, 0.3) is 0 Å². The van der Waals surface area contributed by atoms with E-state index >= 15 is 0 Å². The Kier molecular flexibility index (Phi) is 7.64. The van der Waals surface area contributed by atoms with Gasteiger partial charge in [-0.3, -0.25) is 14.1 Å². The van der Waals surface area contributed by atoms with Crippen molar-refractivity contribution in [2.75, 3.05) is 0 Å². The zero-order valence-corrected chi connectivity index (χ0v) is 23.3. The molecule has 0 aliphatic heterocycles. The number of para-hydroxylation sites is 1. The lowest BCUT2D eigenvalue weighted by molar-refractivity contribution is 0.673. The van der Waals surface area contributed by atoms with Crippen LogP contribution in [0.1, 0.15) is 56.4 Å². The molecule has 8 nitrogen and oxygen atoms in total. The van der Waals surface area contributed by atoms with Gasteiger partial charge in [-0.25, -0.2) is 4.79 Å². The summed E-state index contributed by atoms with van der Waals surface area (Å²) in [6.07, 6.45) is 6.67. The summed E-state index contributed by atoms with van der Waals surface area (Å²) >= 11 is 3.70. The standard InChI is InChI=1S/C29H30BrN7O/c1-4-5-8-22-18-37(27-23(19(2)3)9-6-11-25(27)30)29(38)36(22)17-20-12-14-21(15-13-20)24-10-7-16-31-26(24)28-32-34-35-33-28/h6-7,9-16,18-19H,4-5,8,17H2,1-3H3,(H,32,33,34,35). The van der Waals surface area contributed by atoms with Gasteiger partial charge < -0.3 is 0 Å². The summed E-state index contributed by atoms with van der Waals surface area (Å²) in [6.45, 7) is 6.97. The second kappa shape index (κ2) is 11.3. The van der Waals surface area contributed by atoms with Gasteiger partial charge in [0.05, 0.1) is 12.2 Å². The van der Waals surface area contributed by atoms with Crippen molar-refractivity contribution in [1.82, 2.24) is 34.7 Å². The SMILES string of the molecule is CCCCc1cn(-c2c(Br)cccc2C(C)C)c(=O)n1Cc1ccc(-c2cccnc2-c2nn[nH]n2)cc1. The molecular weight excluding hydrogens is 542 g/mol. The number of aromatic nitrogens is 7. The summed E-state index contributed by atoms with van der Waals surface area (Å²) in [6, 6.07) is 18.2. The normalized spacial score (nSPS) is 11.4. The quantitative estimate of drug-likeness (QED) is 0.228. The van der Waals surface area contributed by atoms with E-state index in [0.29, 0.717) is 18.1 Å². The Labute approximate surface area is 229 Å². The highest BCUT2D eigenvalue weighted by Gasteiger charge is 2.19. The fourth-order valence-corrected chi connectivity index (χ4v) is 5.29. The van der Waals surface area contributed by atoms with Crippen molar-refractivity contribution in [3.8, 4) is 28.3 Å². The average Bonchev–Trinajstić information content (AvgIpc) is 3.57. The maximum atomic E-state index is 13.8. The molecule has 0 atom stereocenters. The highest BCUT2D eigenvalue weighted by molar-refractivity contribution is 9.10. The summed E-state index contributed by atoms with van der Waals surface area (Å²) in [4.78, 5) is 18.3. The molecule has 0 amide bonds. The molecule has 9 heteroatoms. The number of hydrogen-bond donors (Lipinski definition) is 1. The van der Waals surface area contributed by atoms with Gasteiger partial charge in [-0.15, -0.1) is 10.2 Å². The first-order valence-electron chi connectivity index (χ1n) is 12.9. The second-order valence-corrected chi connectivity index (χ2v) is 10.5. The number of nitrogens with one attached hydrogen (secondary N) is 1. The van der Waals surface area contributed by atoms with Crippen LogP contribution in [0.2, 0.25) is 0 Å². The summed E-state index contributed by atoms with van der Waals surface area (Å²) < 4.78 is 4.64. The molecular formula is C29H30BrN7O. The molecule has 0 spiro atoms. The van der Waals surface area contributed by atoms with Crippen molar-refractivity contribution in [2.45, 2.75) is 52.5 Å². The average molecular weight is 573 g/mol. The van der Waals surface area contributed by atoms with Crippen LogP contribution in [-0.4, -0.2) is 34.7 Å². The monoisotopic (exact) mass is 571 g/mol. The molecule has 0 unspecified atom stereocenters. The van der Waals surface area contributed by atoms with E-state index < -0.39 is 0 Å². The largest absolute Gasteiger partial charge is 0.333 e. The molecule has 38 heavy (non-hydrogen) atoms. The number of tetrazole rings is 1. The number of imidazole rings is 1. The maximum absolute atomic E-state index is 13.8. The third-order valence-electron chi connectivity index (χ3n) is 6.70. The van der Waals surface area contributed by atoms with E-state index in [4.69, 9.17) is 0 Å². The predicted octanol–water partition coefficient (Wildman–Crippen LogP) is 6.16. The smallest absolute Gasteiger partial charge is 0.292 e. The zero-order chi connectivity index (χ0) is 26.6. The first-order chi connectivity index (χ1) is 18.5. The molecule has 0 saturated heterocycles.